The van der Waals surface area contributed by atoms with Crippen molar-refractivity contribution in [1.29, 1.82) is 0 Å². The van der Waals surface area contributed by atoms with Crippen LogP contribution in [-0.2, 0) is 14.3 Å². The molecule has 4 saturated carbocycles. The van der Waals surface area contributed by atoms with E-state index < -0.39 is 0 Å². The first-order chi connectivity index (χ1) is 13.5. The smallest absolute Gasteiger partial charge is 0.331 e. The molecule has 3 heteroatoms. The summed E-state index contributed by atoms with van der Waals surface area (Å²) in [5.41, 5.74) is 1.31. The molecule has 1 spiro atoms. The van der Waals surface area contributed by atoms with E-state index in [2.05, 4.69) is 19.9 Å². The van der Waals surface area contributed by atoms with Crippen molar-refractivity contribution in [3.63, 3.8) is 0 Å². The van der Waals surface area contributed by atoms with Crippen LogP contribution in [0.1, 0.15) is 65.2 Å². The maximum Gasteiger partial charge on any atom is 0.331 e. The lowest BCUT2D eigenvalue weighted by Crippen LogP contribution is -2.57. The second-order valence-electron chi connectivity index (χ2n) is 10.6. The first-order valence-electron chi connectivity index (χ1n) is 11.7. The van der Waals surface area contributed by atoms with Gasteiger partial charge in [0.15, 0.2) is 5.78 Å². The summed E-state index contributed by atoms with van der Waals surface area (Å²) in [6.45, 7) is 4.69. The summed E-state index contributed by atoms with van der Waals surface area (Å²) in [6.07, 6.45) is 14.9. The minimum Gasteiger partial charge on any atom is -0.451 e. The number of allylic oxidation sites excluding steroid dienone is 1. The van der Waals surface area contributed by atoms with E-state index in [1.54, 1.807) is 6.08 Å². The van der Waals surface area contributed by atoms with Gasteiger partial charge in [0.25, 0.3) is 0 Å². The fourth-order valence-corrected chi connectivity index (χ4v) is 9.16. The zero-order valence-electron chi connectivity index (χ0n) is 17.2. The van der Waals surface area contributed by atoms with Crippen molar-refractivity contribution in [2.24, 2.45) is 46.8 Å². The maximum absolute atomic E-state index is 12.2. The Kier molecular flexibility index (Phi) is 3.50. The Labute approximate surface area is 168 Å². The van der Waals surface area contributed by atoms with E-state index in [0.717, 1.165) is 43.4 Å². The number of ether oxygens (including phenoxy) is 1. The van der Waals surface area contributed by atoms with Gasteiger partial charge in [-0.25, -0.2) is 4.79 Å². The fourth-order valence-electron chi connectivity index (χ4n) is 9.16. The van der Waals surface area contributed by atoms with E-state index in [0.29, 0.717) is 29.5 Å². The van der Waals surface area contributed by atoms with Crippen LogP contribution in [0.4, 0.5) is 0 Å². The minimum atomic E-state index is -0.309. The topological polar surface area (TPSA) is 43.4 Å². The molecule has 150 valence electrons. The van der Waals surface area contributed by atoms with Gasteiger partial charge in [-0.05, 0) is 86.2 Å². The molecule has 0 N–H and O–H groups in total. The Balaban J connectivity index is 1.44. The van der Waals surface area contributed by atoms with Crippen LogP contribution >= 0.6 is 0 Å². The Bertz CT molecular complexity index is 809. The third-order valence-corrected chi connectivity index (χ3v) is 10.1. The number of carbonyl (C=O) groups is 2. The van der Waals surface area contributed by atoms with Gasteiger partial charge in [0.1, 0.15) is 5.60 Å². The van der Waals surface area contributed by atoms with Gasteiger partial charge in [-0.15, -0.1) is 0 Å². The first-order valence-corrected chi connectivity index (χ1v) is 11.7. The van der Waals surface area contributed by atoms with Crippen molar-refractivity contribution in [3.05, 3.63) is 23.8 Å². The number of ketones is 1. The third kappa shape index (κ3) is 1.92. The average Bonchev–Trinajstić information content (AvgIpc) is 3.34. The molecule has 6 rings (SSSR count). The average molecular weight is 381 g/mol. The van der Waals surface area contributed by atoms with Crippen LogP contribution in [0.5, 0.6) is 0 Å². The van der Waals surface area contributed by atoms with E-state index in [1.807, 2.05) is 6.08 Å². The molecular weight excluding hydrogens is 348 g/mol. The zero-order valence-corrected chi connectivity index (χ0v) is 17.2. The SMILES string of the molecule is CCC1CC2=CC(=O)CC[C@@H]2C2CC[C@@]3(CC)C(C4CC4[C@@]34C=CC(=O)O4)C12. The number of carbonyl (C=O) groups excluding carboxylic acids is 2. The molecule has 0 aromatic heterocycles. The number of esters is 1. The lowest BCUT2D eigenvalue weighted by atomic mass is 9.45. The molecule has 1 aliphatic heterocycles. The van der Waals surface area contributed by atoms with Crippen LogP contribution < -0.4 is 0 Å². The normalized spacial score (nSPS) is 53.2. The van der Waals surface area contributed by atoms with E-state index >= 15 is 0 Å². The van der Waals surface area contributed by atoms with Crippen molar-refractivity contribution in [2.45, 2.75) is 70.8 Å². The Hall–Kier alpha value is -1.38. The number of hydrogen-bond donors (Lipinski definition) is 0. The Morgan fingerprint density at radius 2 is 2.04 bits per heavy atom. The van der Waals surface area contributed by atoms with E-state index in [-0.39, 0.29) is 17.0 Å². The quantitative estimate of drug-likeness (QED) is 0.643. The van der Waals surface area contributed by atoms with Gasteiger partial charge < -0.3 is 4.74 Å². The molecule has 28 heavy (non-hydrogen) atoms. The highest BCUT2D eigenvalue weighted by atomic mass is 16.6. The summed E-state index contributed by atoms with van der Waals surface area (Å²) in [6, 6.07) is 0. The van der Waals surface area contributed by atoms with Crippen molar-refractivity contribution < 1.29 is 14.3 Å². The molecule has 9 atom stereocenters. The van der Waals surface area contributed by atoms with E-state index in [1.165, 1.54) is 31.3 Å². The third-order valence-electron chi connectivity index (χ3n) is 10.1. The van der Waals surface area contributed by atoms with Gasteiger partial charge in [-0.3, -0.25) is 4.79 Å². The summed E-state index contributed by atoms with van der Waals surface area (Å²) in [4.78, 5) is 24.3. The van der Waals surface area contributed by atoms with Gasteiger partial charge in [0, 0.05) is 23.8 Å². The van der Waals surface area contributed by atoms with Gasteiger partial charge in [-0.2, -0.15) is 0 Å². The Morgan fingerprint density at radius 3 is 2.75 bits per heavy atom. The van der Waals surface area contributed by atoms with Gasteiger partial charge >= 0.3 is 5.97 Å². The molecule has 6 unspecified atom stereocenters. The molecule has 6 aliphatic rings. The largest absolute Gasteiger partial charge is 0.451 e. The van der Waals surface area contributed by atoms with Crippen molar-refractivity contribution in [2.75, 3.05) is 0 Å². The molecule has 0 radical (unpaired) electrons. The predicted octanol–water partition coefficient (Wildman–Crippen LogP) is 4.86. The summed E-state index contributed by atoms with van der Waals surface area (Å²) >= 11 is 0. The van der Waals surface area contributed by atoms with Gasteiger partial charge in [0.2, 0.25) is 0 Å². The minimum absolute atomic E-state index is 0.118. The summed E-state index contributed by atoms with van der Waals surface area (Å²) in [5.74, 6) is 5.03. The number of rotatable bonds is 2. The fraction of sp³-hybridized carbons (Fsp3) is 0.760. The molecule has 0 saturated heterocycles. The molecule has 4 fully saturated rings. The highest BCUT2D eigenvalue weighted by Crippen LogP contribution is 2.79. The van der Waals surface area contributed by atoms with Crippen LogP contribution in [0.15, 0.2) is 23.8 Å². The lowest BCUT2D eigenvalue weighted by Gasteiger charge is -2.60. The molecule has 5 aliphatic carbocycles. The van der Waals surface area contributed by atoms with E-state index in [4.69, 9.17) is 4.74 Å². The molecule has 1 heterocycles. The van der Waals surface area contributed by atoms with Crippen molar-refractivity contribution >= 4 is 11.8 Å². The number of hydrogen-bond acceptors (Lipinski definition) is 3. The first kappa shape index (κ1) is 17.5. The highest BCUT2D eigenvalue weighted by molar-refractivity contribution is 5.91. The van der Waals surface area contributed by atoms with Crippen molar-refractivity contribution in [3.8, 4) is 0 Å². The number of fused-ring (bicyclic) bond motifs is 9. The molecule has 0 aromatic rings. The summed E-state index contributed by atoms with van der Waals surface area (Å²) in [7, 11) is 0. The second-order valence-corrected chi connectivity index (χ2v) is 10.6. The molecule has 0 aromatic carbocycles. The molecule has 0 amide bonds. The maximum atomic E-state index is 12.2. The summed E-state index contributed by atoms with van der Waals surface area (Å²) < 4.78 is 6.19. The zero-order chi connectivity index (χ0) is 19.3. The standard InChI is InChI=1S/C25H32O3/c1-3-14-11-15-12-16(26)5-6-17(15)18-7-9-24(4-2)23(22(14)18)19-13-20(19)25(24)10-8-21(27)28-25/h8,10,12,14,17-20,22-23H,3-7,9,11,13H2,1-2H3/t14?,17-,18?,19?,20?,22?,23?,24-,25-/m0/s1. The Morgan fingerprint density at radius 1 is 1.18 bits per heavy atom. The van der Waals surface area contributed by atoms with Gasteiger partial charge in [0.05, 0.1) is 0 Å². The van der Waals surface area contributed by atoms with Crippen LogP contribution in [0, 0.1) is 46.8 Å². The lowest BCUT2D eigenvalue weighted by molar-refractivity contribution is -0.175. The monoisotopic (exact) mass is 380 g/mol. The van der Waals surface area contributed by atoms with Crippen LogP contribution in [-0.4, -0.2) is 17.4 Å². The van der Waals surface area contributed by atoms with E-state index in [9.17, 15) is 9.59 Å². The van der Waals surface area contributed by atoms with Gasteiger partial charge in [-0.1, -0.05) is 25.8 Å². The van der Waals surface area contributed by atoms with Crippen LogP contribution in [0.3, 0.4) is 0 Å². The van der Waals surface area contributed by atoms with Crippen molar-refractivity contribution in [1.82, 2.24) is 0 Å². The predicted molar refractivity (Wildman–Crippen MR) is 106 cm³/mol. The molecular formula is C25H32O3. The summed E-state index contributed by atoms with van der Waals surface area (Å²) in [5, 5.41) is 0. The highest BCUT2D eigenvalue weighted by Gasteiger charge is 2.79. The van der Waals surface area contributed by atoms with Crippen LogP contribution in [0.2, 0.25) is 0 Å². The molecule has 3 nitrogen and oxygen atoms in total. The molecule has 0 bridgehead atoms. The second kappa shape index (κ2) is 5.61. The van der Waals surface area contributed by atoms with Crippen LogP contribution in [0.25, 0.3) is 0 Å².